The number of primary sulfonamides is 1. The van der Waals surface area contributed by atoms with Crippen molar-refractivity contribution in [2.24, 2.45) is 5.14 Å². The SMILES string of the molecule is CC(CNc1cccc(F)c1C#N)S(N)(=O)=O. The van der Waals surface area contributed by atoms with E-state index in [0.29, 0.717) is 0 Å². The van der Waals surface area contributed by atoms with Crippen LogP contribution in [0.4, 0.5) is 10.1 Å². The Kier molecular flexibility index (Phi) is 4.04. The summed E-state index contributed by atoms with van der Waals surface area (Å²) in [7, 11) is -3.64. The predicted octanol–water partition coefficient (Wildman–Crippen LogP) is 0.786. The van der Waals surface area contributed by atoms with Crippen molar-refractivity contribution in [3.8, 4) is 6.07 Å². The minimum Gasteiger partial charge on any atom is -0.383 e. The molecule has 1 aromatic rings. The summed E-state index contributed by atoms with van der Waals surface area (Å²) in [5, 5.41) is 15.6. The number of sulfonamides is 1. The summed E-state index contributed by atoms with van der Waals surface area (Å²) in [5.74, 6) is -0.652. The standard InChI is InChI=1S/C10H12FN3O2S/c1-7(17(13,15)16)6-14-10-4-2-3-9(11)8(10)5-12/h2-4,7,14H,6H2,1H3,(H2,13,15,16). The summed E-state index contributed by atoms with van der Waals surface area (Å²) in [4.78, 5) is 0. The first-order valence-corrected chi connectivity index (χ1v) is 6.41. The molecule has 0 fully saturated rings. The molecule has 0 aromatic heterocycles. The van der Waals surface area contributed by atoms with Crippen molar-refractivity contribution in [3.05, 3.63) is 29.6 Å². The number of anilines is 1. The fourth-order valence-electron chi connectivity index (χ4n) is 1.15. The highest BCUT2D eigenvalue weighted by Crippen LogP contribution is 2.17. The first-order valence-electron chi connectivity index (χ1n) is 4.80. The second-order valence-corrected chi connectivity index (χ2v) is 5.54. The van der Waals surface area contributed by atoms with E-state index in [0.717, 1.165) is 6.07 Å². The highest BCUT2D eigenvalue weighted by Gasteiger charge is 2.16. The van der Waals surface area contributed by atoms with Gasteiger partial charge in [-0.2, -0.15) is 5.26 Å². The van der Waals surface area contributed by atoms with Crippen LogP contribution in [0.2, 0.25) is 0 Å². The molecule has 0 aliphatic rings. The summed E-state index contributed by atoms with van der Waals surface area (Å²) >= 11 is 0. The Morgan fingerprint density at radius 3 is 2.76 bits per heavy atom. The normalized spacial score (nSPS) is 12.8. The van der Waals surface area contributed by atoms with E-state index < -0.39 is 21.1 Å². The Bertz CT molecular complexity index is 551. The highest BCUT2D eigenvalue weighted by molar-refractivity contribution is 7.89. The summed E-state index contributed by atoms with van der Waals surface area (Å²) in [6.07, 6.45) is 0. The van der Waals surface area contributed by atoms with Gasteiger partial charge in [-0.25, -0.2) is 17.9 Å². The highest BCUT2D eigenvalue weighted by atomic mass is 32.2. The maximum Gasteiger partial charge on any atom is 0.213 e. The van der Waals surface area contributed by atoms with Gasteiger partial charge in [-0.3, -0.25) is 0 Å². The smallest absolute Gasteiger partial charge is 0.213 e. The van der Waals surface area contributed by atoms with Crippen molar-refractivity contribution in [1.29, 1.82) is 5.26 Å². The maximum absolute atomic E-state index is 13.2. The fourth-order valence-corrected chi connectivity index (χ4v) is 1.47. The lowest BCUT2D eigenvalue weighted by molar-refractivity contribution is 0.587. The third kappa shape index (κ3) is 3.41. The average Bonchev–Trinajstić information content (AvgIpc) is 2.24. The molecular formula is C10H12FN3O2S. The minimum absolute atomic E-state index is 0.0109. The Morgan fingerprint density at radius 2 is 2.24 bits per heavy atom. The first-order chi connectivity index (χ1) is 7.86. The number of hydrogen-bond acceptors (Lipinski definition) is 4. The van der Waals surface area contributed by atoms with Gasteiger partial charge < -0.3 is 5.32 Å². The lowest BCUT2D eigenvalue weighted by atomic mass is 10.2. The number of halogens is 1. The Balaban J connectivity index is 2.85. The lowest BCUT2D eigenvalue weighted by Gasteiger charge is -2.12. The van der Waals surface area contributed by atoms with Crippen LogP contribution in [-0.2, 0) is 10.0 Å². The molecule has 17 heavy (non-hydrogen) atoms. The predicted molar refractivity (Wildman–Crippen MR) is 62.2 cm³/mol. The van der Waals surface area contributed by atoms with Gasteiger partial charge in [0.1, 0.15) is 17.4 Å². The molecule has 0 heterocycles. The number of benzene rings is 1. The van der Waals surface area contributed by atoms with E-state index in [4.69, 9.17) is 10.4 Å². The molecule has 0 amide bonds. The number of nitrogens with two attached hydrogens (primary N) is 1. The average molecular weight is 257 g/mol. The molecule has 0 saturated carbocycles. The number of nitrogens with one attached hydrogen (secondary N) is 1. The molecule has 0 spiro atoms. The zero-order valence-electron chi connectivity index (χ0n) is 9.14. The van der Waals surface area contributed by atoms with E-state index in [9.17, 15) is 12.8 Å². The molecule has 1 unspecified atom stereocenters. The quantitative estimate of drug-likeness (QED) is 0.833. The van der Waals surface area contributed by atoms with E-state index in [1.165, 1.54) is 19.1 Å². The Labute approximate surface area is 99.1 Å². The summed E-state index contributed by atoms with van der Waals surface area (Å²) in [5.41, 5.74) is 0.108. The Hall–Kier alpha value is -1.65. The van der Waals surface area contributed by atoms with Gasteiger partial charge in [0.25, 0.3) is 0 Å². The van der Waals surface area contributed by atoms with Crippen LogP contribution in [-0.4, -0.2) is 20.2 Å². The van der Waals surface area contributed by atoms with Gasteiger partial charge >= 0.3 is 0 Å². The second kappa shape index (κ2) is 5.12. The van der Waals surface area contributed by atoms with Gasteiger partial charge in [0.05, 0.1) is 10.9 Å². The van der Waals surface area contributed by atoms with Crippen LogP contribution >= 0.6 is 0 Å². The summed E-state index contributed by atoms with van der Waals surface area (Å²) in [6.45, 7) is 1.44. The molecule has 92 valence electrons. The zero-order valence-corrected chi connectivity index (χ0v) is 9.96. The van der Waals surface area contributed by atoms with E-state index in [2.05, 4.69) is 5.32 Å². The number of hydrogen-bond donors (Lipinski definition) is 2. The van der Waals surface area contributed by atoms with Crippen molar-refractivity contribution in [2.75, 3.05) is 11.9 Å². The lowest BCUT2D eigenvalue weighted by Crippen LogP contribution is -2.32. The number of nitriles is 1. The van der Waals surface area contributed by atoms with Gasteiger partial charge in [0, 0.05) is 6.54 Å². The van der Waals surface area contributed by atoms with Crippen LogP contribution in [0.15, 0.2) is 18.2 Å². The Morgan fingerprint density at radius 1 is 1.59 bits per heavy atom. The molecule has 5 nitrogen and oxygen atoms in total. The molecule has 0 aliphatic carbocycles. The topological polar surface area (TPSA) is 96.0 Å². The van der Waals surface area contributed by atoms with E-state index in [1.807, 2.05) is 0 Å². The first kappa shape index (κ1) is 13.4. The van der Waals surface area contributed by atoms with Crippen LogP contribution in [0.5, 0.6) is 0 Å². The maximum atomic E-state index is 13.2. The van der Waals surface area contributed by atoms with Crippen LogP contribution < -0.4 is 10.5 Å². The molecule has 0 bridgehead atoms. The molecular weight excluding hydrogens is 245 g/mol. The van der Waals surface area contributed by atoms with Crippen molar-refractivity contribution < 1.29 is 12.8 Å². The molecule has 0 saturated heterocycles. The van der Waals surface area contributed by atoms with Gasteiger partial charge in [-0.15, -0.1) is 0 Å². The third-order valence-electron chi connectivity index (χ3n) is 2.27. The monoisotopic (exact) mass is 257 g/mol. The molecule has 7 heteroatoms. The molecule has 1 aromatic carbocycles. The van der Waals surface area contributed by atoms with Crippen LogP contribution in [0.3, 0.4) is 0 Å². The van der Waals surface area contributed by atoms with Crippen LogP contribution in [0, 0.1) is 17.1 Å². The van der Waals surface area contributed by atoms with Gasteiger partial charge in [-0.1, -0.05) is 6.07 Å². The minimum atomic E-state index is -3.64. The largest absolute Gasteiger partial charge is 0.383 e. The van der Waals surface area contributed by atoms with E-state index >= 15 is 0 Å². The van der Waals surface area contributed by atoms with Gasteiger partial charge in [0.2, 0.25) is 10.0 Å². The van der Waals surface area contributed by atoms with Crippen molar-refractivity contribution >= 4 is 15.7 Å². The third-order valence-corrected chi connectivity index (χ3v) is 3.55. The molecule has 1 atom stereocenters. The number of rotatable bonds is 4. The summed E-state index contributed by atoms with van der Waals surface area (Å²) < 4.78 is 35.1. The van der Waals surface area contributed by atoms with E-state index in [-0.39, 0.29) is 17.8 Å². The van der Waals surface area contributed by atoms with Crippen molar-refractivity contribution in [3.63, 3.8) is 0 Å². The van der Waals surface area contributed by atoms with Gasteiger partial charge in [0.15, 0.2) is 0 Å². The van der Waals surface area contributed by atoms with Crippen LogP contribution in [0.1, 0.15) is 12.5 Å². The number of nitrogens with zero attached hydrogens (tertiary/aromatic N) is 1. The summed E-state index contributed by atoms with van der Waals surface area (Å²) in [6, 6.07) is 5.80. The fraction of sp³-hybridized carbons (Fsp3) is 0.300. The zero-order chi connectivity index (χ0) is 13.1. The van der Waals surface area contributed by atoms with Crippen molar-refractivity contribution in [2.45, 2.75) is 12.2 Å². The van der Waals surface area contributed by atoms with E-state index in [1.54, 1.807) is 6.07 Å². The van der Waals surface area contributed by atoms with Gasteiger partial charge in [-0.05, 0) is 19.1 Å². The van der Waals surface area contributed by atoms with Crippen LogP contribution in [0.25, 0.3) is 0 Å². The molecule has 1 rings (SSSR count). The van der Waals surface area contributed by atoms with Crippen molar-refractivity contribution in [1.82, 2.24) is 0 Å². The second-order valence-electron chi connectivity index (χ2n) is 3.55. The molecule has 0 radical (unpaired) electrons. The molecule has 0 aliphatic heterocycles. The molecule has 3 N–H and O–H groups in total.